The van der Waals surface area contributed by atoms with Crippen molar-refractivity contribution in [1.29, 1.82) is 0 Å². The quantitative estimate of drug-likeness (QED) is 0.671. The van der Waals surface area contributed by atoms with Crippen molar-refractivity contribution in [3.63, 3.8) is 0 Å². The molecule has 1 aromatic carbocycles. The van der Waals surface area contributed by atoms with Crippen LogP contribution < -0.4 is 5.73 Å². The summed E-state index contributed by atoms with van der Waals surface area (Å²) in [5.41, 5.74) is 8.01. The smallest absolute Gasteiger partial charge is 0.132 e. The van der Waals surface area contributed by atoms with Gasteiger partial charge in [-0.3, -0.25) is 0 Å². The average Bonchev–Trinajstić information content (AvgIpc) is 2.75. The summed E-state index contributed by atoms with van der Waals surface area (Å²) in [4.78, 5) is 7.16. The number of nitrogens with one attached hydrogen (secondary N) is 1. The zero-order valence-electron chi connectivity index (χ0n) is 8.94. The maximum atomic E-state index is 13.5. The zero-order chi connectivity index (χ0) is 11.8. The molecule has 0 saturated heterocycles. The molecule has 3 aromatic rings. The second-order valence-electron chi connectivity index (χ2n) is 3.86. The number of benzene rings is 1. The number of aromatic amines is 1. The van der Waals surface area contributed by atoms with E-state index in [4.69, 9.17) is 5.73 Å². The maximum Gasteiger partial charge on any atom is 0.132 e. The molecule has 0 bridgehead atoms. The van der Waals surface area contributed by atoms with E-state index in [-0.39, 0.29) is 5.82 Å². The van der Waals surface area contributed by atoms with Crippen LogP contribution in [0, 0.1) is 5.82 Å². The normalized spacial score (nSPS) is 10.9. The summed E-state index contributed by atoms with van der Waals surface area (Å²) in [6.07, 6.45) is 1.66. The summed E-state index contributed by atoms with van der Waals surface area (Å²) >= 11 is 0. The first-order valence-corrected chi connectivity index (χ1v) is 5.23. The highest BCUT2D eigenvalue weighted by atomic mass is 19.1. The molecule has 0 aliphatic carbocycles. The van der Waals surface area contributed by atoms with E-state index >= 15 is 0 Å². The van der Waals surface area contributed by atoms with Gasteiger partial charge in [-0.25, -0.2) is 9.37 Å². The van der Waals surface area contributed by atoms with Gasteiger partial charge in [-0.2, -0.15) is 0 Å². The van der Waals surface area contributed by atoms with E-state index in [0.717, 1.165) is 16.8 Å². The van der Waals surface area contributed by atoms with Crippen LogP contribution in [0.15, 0.2) is 42.6 Å². The largest absolute Gasteiger partial charge is 0.384 e. The predicted molar refractivity (Wildman–Crippen MR) is 65.9 cm³/mol. The third-order valence-electron chi connectivity index (χ3n) is 2.71. The third kappa shape index (κ3) is 1.63. The van der Waals surface area contributed by atoms with Gasteiger partial charge in [0.1, 0.15) is 11.6 Å². The number of nitrogen functional groups attached to an aromatic ring is 1. The highest BCUT2D eigenvalue weighted by Gasteiger charge is 2.06. The van der Waals surface area contributed by atoms with Crippen molar-refractivity contribution in [2.45, 2.75) is 0 Å². The van der Waals surface area contributed by atoms with E-state index in [0.29, 0.717) is 11.2 Å². The summed E-state index contributed by atoms with van der Waals surface area (Å²) in [7, 11) is 0. The Morgan fingerprint density at radius 1 is 1.18 bits per heavy atom. The van der Waals surface area contributed by atoms with Crippen molar-refractivity contribution in [1.82, 2.24) is 9.97 Å². The first kappa shape index (κ1) is 9.84. The lowest BCUT2D eigenvalue weighted by Crippen LogP contribution is -1.88. The Bertz CT molecular complexity index is 671. The van der Waals surface area contributed by atoms with Gasteiger partial charge < -0.3 is 10.7 Å². The summed E-state index contributed by atoms with van der Waals surface area (Å²) in [6, 6.07) is 10.3. The molecule has 4 heteroatoms. The number of nitrogens with zero attached hydrogens (tertiary/aromatic N) is 1. The lowest BCUT2D eigenvalue weighted by atomic mass is 10.2. The molecule has 17 heavy (non-hydrogen) atoms. The average molecular weight is 227 g/mol. The molecule has 3 N–H and O–H groups in total. The lowest BCUT2D eigenvalue weighted by Gasteiger charge is -1.97. The monoisotopic (exact) mass is 227 g/mol. The van der Waals surface area contributed by atoms with Gasteiger partial charge in [0.15, 0.2) is 0 Å². The summed E-state index contributed by atoms with van der Waals surface area (Å²) in [5.74, 6) is 0.240. The van der Waals surface area contributed by atoms with E-state index in [1.807, 2.05) is 12.1 Å². The second kappa shape index (κ2) is 3.59. The van der Waals surface area contributed by atoms with Gasteiger partial charge in [0.05, 0.1) is 0 Å². The highest BCUT2D eigenvalue weighted by molar-refractivity contribution is 5.86. The van der Waals surface area contributed by atoms with Gasteiger partial charge in [-0.1, -0.05) is 6.07 Å². The van der Waals surface area contributed by atoms with Gasteiger partial charge >= 0.3 is 0 Å². The summed E-state index contributed by atoms with van der Waals surface area (Å²) in [5, 5.41) is 0.583. The molecule has 0 unspecified atom stereocenters. The molecule has 0 amide bonds. The number of halogens is 1. The Kier molecular flexibility index (Phi) is 2.08. The number of pyridine rings is 1. The first-order chi connectivity index (χ1) is 8.24. The Morgan fingerprint density at radius 2 is 2.06 bits per heavy atom. The van der Waals surface area contributed by atoms with Crippen molar-refractivity contribution in [2.75, 3.05) is 5.73 Å². The molecule has 0 aliphatic heterocycles. The molecular weight excluding hydrogens is 217 g/mol. The van der Waals surface area contributed by atoms with Crippen molar-refractivity contribution in [3.8, 4) is 11.3 Å². The number of hydrogen-bond acceptors (Lipinski definition) is 2. The number of anilines is 1. The topological polar surface area (TPSA) is 54.7 Å². The van der Waals surface area contributed by atoms with E-state index in [9.17, 15) is 4.39 Å². The fraction of sp³-hybridized carbons (Fsp3) is 0. The van der Waals surface area contributed by atoms with Crippen LogP contribution in [-0.2, 0) is 0 Å². The Balaban J connectivity index is 2.18. The number of hydrogen-bond donors (Lipinski definition) is 2. The van der Waals surface area contributed by atoms with Crippen LogP contribution in [0.1, 0.15) is 0 Å². The number of H-pyrrole nitrogens is 1. The molecule has 0 radical (unpaired) electrons. The fourth-order valence-electron chi connectivity index (χ4n) is 1.84. The minimum absolute atomic E-state index is 0.228. The van der Waals surface area contributed by atoms with Crippen LogP contribution in [0.25, 0.3) is 22.2 Å². The molecule has 0 saturated carbocycles. The first-order valence-electron chi connectivity index (χ1n) is 5.23. The Labute approximate surface area is 97.1 Å². The van der Waals surface area contributed by atoms with Crippen LogP contribution >= 0.6 is 0 Å². The zero-order valence-corrected chi connectivity index (χ0v) is 8.94. The predicted octanol–water partition coefficient (Wildman–Crippen LogP) is 2.95. The third-order valence-corrected chi connectivity index (χ3v) is 2.71. The Hall–Kier alpha value is -2.36. The SMILES string of the molecule is Nc1ccc(-c2cc3c(F)cccc3[nH]2)cn1. The molecule has 3 rings (SSSR count). The molecule has 0 spiro atoms. The minimum atomic E-state index is -0.228. The molecular formula is C13H10FN3. The lowest BCUT2D eigenvalue weighted by molar-refractivity contribution is 0.640. The van der Waals surface area contributed by atoms with Gasteiger partial charge in [-0.15, -0.1) is 0 Å². The van der Waals surface area contributed by atoms with Gasteiger partial charge in [0.25, 0.3) is 0 Å². The van der Waals surface area contributed by atoms with Crippen LogP contribution in [0.4, 0.5) is 10.2 Å². The molecule has 3 nitrogen and oxygen atoms in total. The van der Waals surface area contributed by atoms with Crippen LogP contribution in [-0.4, -0.2) is 9.97 Å². The number of rotatable bonds is 1. The molecule has 0 fully saturated rings. The van der Waals surface area contributed by atoms with Gasteiger partial charge in [0.2, 0.25) is 0 Å². The Morgan fingerprint density at radius 3 is 2.76 bits per heavy atom. The van der Waals surface area contributed by atoms with E-state index in [1.54, 1.807) is 24.4 Å². The number of fused-ring (bicyclic) bond motifs is 1. The fourth-order valence-corrected chi connectivity index (χ4v) is 1.84. The van der Waals surface area contributed by atoms with E-state index < -0.39 is 0 Å². The second-order valence-corrected chi connectivity index (χ2v) is 3.86. The highest BCUT2D eigenvalue weighted by Crippen LogP contribution is 2.25. The number of aromatic nitrogens is 2. The van der Waals surface area contributed by atoms with Crippen LogP contribution in [0.2, 0.25) is 0 Å². The molecule has 84 valence electrons. The molecule has 2 aromatic heterocycles. The van der Waals surface area contributed by atoms with Crippen molar-refractivity contribution >= 4 is 16.7 Å². The van der Waals surface area contributed by atoms with Crippen LogP contribution in [0.3, 0.4) is 0 Å². The van der Waals surface area contributed by atoms with E-state index in [2.05, 4.69) is 9.97 Å². The van der Waals surface area contributed by atoms with Crippen molar-refractivity contribution < 1.29 is 4.39 Å². The van der Waals surface area contributed by atoms with Crippen LogP contribution in [0.5, 0.6) is 0 Å². The summed E-state index contributed by atoms with van der Waals surface area (Å²) in [6.45, 7) is 0. The van der Waals surface area contributed by atoms with Gasteiger partial charge in [0, 0.05) is 28.4 Å². The summed E-state index contributed by atoms with van der Waals surface area (Å²) < 4.78 is 13.5. The standard InChI is InChI=1S/C13H10FN3/c14-10-2-1-3-11-9(10)6-12(17-11)8-4-5-13(15)16-7-8/h1-7,17H,(H2,15,16). The number of nitrogens with two attached hydrogens (primary N) is 1. The van der Waals surface area contributed by atoms with E-state index in [1.165, 1.54) is 6.07 Å². The van der Waals surface area contributed by atoms with Gasteiger partial charge in [-0.05, 0) is 30.3 Å². The van der Waals surface area contributed by atoms with Crippen molar-refractivity contribution in [2.24, 2.45) is 0 Å². The minimum Gasteiger partial charge on any atom is -0.384 e. The molecule has 0 aliphatic rings. The molecule has 0 atom stereocenters. The maximum absolute atomic E-state index is 13.5. The molecule has 2 heterocycles. The van der Waals surface area contributed by atoms with Crippen molar-refractivity contribution in [3.05, 3.63) is 48.4 Å².